The first-order chi connectivity index (χ1) is 20.1. The number of urea groups is 1. The van der Waals surface area contributed by atoms with Crippen molar-refractivity contribution < 1.29 is 42.1 Å². The van der Waals surface area contributed by atoms with Crippen LogP contribution in [0.15, 0.2) is 18.2 Å². The molecule has 0 aliphatic carbocycles. The Hall–Kier alpha value is -3.06. The van der Waals surface area contributed by atoms with Gasteiger partial charge in [-0.15, -0.1) is 0 Å². The number of hydrogen-bond donors (Lipinski definition) is 3. The van der Waals surface area contributed by atoms with Crippen LogP contribution in [0.4, 0.5) is 23.7 Å². The molecule has 0 spiro atoms. The molecule has 1 heterocycles. The van der Waals surface area contributed by atoms with Crippen LogP contribution in [0.2, 0.25) is 0 Å². The Labute approximate surface area is 252 Å². The van der Waals surface area contributed by atoms with Crippen LogP contribution in [0.5, 0.6) is 5.75 Å². The summed E-state index contributed by atoms with van der Waals surface area (Å²) < 4.78 is 50.4. The molecule has 3 N–H and O–H groups in total. The summed E-state index contributed by atoms with van der Waals surface area (Å²) in [5.74, 6) is -1.10. The van der Waals surface area contributed by atoms with Crippen LogP contribution in [0.1, 0.15) is 77.1 Å². The van der Waals surface area contributed by atoms with Gasteiger partial charge in [0.2, 0.25) is 5.91 Å². The van der Waals surface area contributed by atoms with Gasteiger partial charge in [-0.1, -0.05) is 6.92 Å². The van der Waals surface area contributed by atoms with E-state index in [1.165, 1.54) is 16.8 Å². The second-order valence-electron chi connectivity index (χ2n) is 11.7. The highest BCUT2D eigenvalue weighted by molar-refractivity contribution is 5.99. The van der Waals surface area contributed by atoms with Crippen molar-refractivity contribution in [3.63, 3.8) is 0 Å². The summed E-state index contributed by atoms with van der Waals surface area (Å²) in [6.07, 6.45) is -5.00. The Kier molecular flexibility index (Phi) is 14.0. The lowest BCUT2D eigenvalue weighted by Crippen LogP contribution is -2.48. The lowest BCUT2D eigenvalue weighted by molar-refractivity contribution is -0.149. The molecule has 4 atom stereocenters. The lowest BCUT2D eigenvalue weighted by atomic mass is 10.0. The number of aliphatic hydroxyl groups is 1. The summed E-state index contributed by atoms with van der Waals surface area (Å²) in [5.41, 5.74) is 0.586. The first-order valence-corrected chi connectivity index (χ1v) is 14.8. The number of nitrogens with one attached hydrogen (secondary N) is 2. The Balaban J connectivity index is 2.40. The third-order valence-corrected chi connectivity index (χ3v) is 7.23. The quantitative estimate of drug-likeness (QED) is 0.386. The zero-order valence-corrected chi connectivity index (χ0v) is 26.0. The summed E-state index contributed by atoms with van der Waals surface area (Å²) in [6, 6.07) is 3.69. The highest BCUT2D eigenvalue weighted by Crippen LogP contribution is 2.29. The molecule has 0 unspecified atom stereocenters. The predicted octanol–water partition coefficient (Wildman–Crippen LogP) is 4.81. The SMILES string of the molecule is CC(C)NC(=O)Nc1ccc2c(c1)C(=O)N([C@H](C)CO)C[C@H](C)[C@H](CN(C)C(=O)CCC(F)(F)F)OCCCC[C@@H](C)O2. The van der Waals surface area contributed by atoms with Crippen LogP contribution in [0.25, 0.3) is 0 Å². The van der Waals surface area contributed by atoms with Gasteiger partial charge >= 0.3 is 12.2 Å². The van der Waals surface area contributed by atoms with Crippen molar-refractivity contribution in [3.05, 3.63) is 23.8 Å². The summed E-state index contributed by atoms with van der Waals surface area (Å²) in [4.78, 5) is 41.6. The molecule has 0 fully saturated rings. The molecule has 0 saturated carbocycles. The van der Waals surface area contributed by atoms with E-state index in [2.05, 4.69) is 10.6 Å². The fourth-order valence-electron chi connectivity index (χ4n) is 4.70. The van der Waals surface area contributed by atoms with Gasteiger partial charge in [-0.3, -0.25) is 9.59 Å². The fraction of sp³-hybridized carbons (Fsp3) is 0.700. The van der Waals surface area contributed by atoms with Gasteiger partial charge in [-0.2, -0.15) is 13.2 Å². The van der Waals surface area contributed by atoms with E-state index in [9.17, 15) is 32.7 Å². The number of aliphatic hydroxyl groups excluding tert-OH is 1. The highest BCUT2D eigenvalue weighted by Gasteiger charge is 2.32. The molecule has 13 heteroatoms. The highest BCUT2D eigenvalue weighted by atomic mass is 19.4. The molecule has 0 aromatic heterocycles. The topological polar surface area (TPSA) is 120 Å². The first-order valence-electron chi connectivity index (χ1n) is 14.8. The summed E-state index contributed by atoms with van der Waals surface area (Å²) >= 11 is 0. The first kappa shape index (κ1) is 36.1. The molecule has 1 aliphatic rings. The molecule has 0 bridgehead atoms. The van der Waals surface area contributed by atoms with Crippen molar-refractivity contribution >= 4 is 23.5 Å². The van der Waals surface area contributed by atoms with Gasteiger partial charge in [0.25, 0.3) is 5.91 Å². The molecule has 1 aromatic carbocycles. The van der Waals surface area contributed by atoms with Gasteiger partial charge < -0.3 is 35.0 Å². The van der Waals surface area contributed by atoms with Gasteiger partial charge in [0.05, 0.1) is 36.8 Å². The average molecular weight is 617 g/mol. The molecule has 1 aromatic rings. The zero-order chi connectivity index (χ0) is 32.3. The normalized spacial score (nSPS) is 21.3. The fourth-order valence-corrected chi connectivity index (χ4v) is 4.70. The second-order valence-corrected chi connectivity index (χ2v) is 11.7. The van der Waals surface area contributed by atoms with E-state index in [0.29, 0.717) is 30.9 Å². The molecular weight excluding hydrogens is 569 g/mol. The molecule has 1 aliphatic heterocycles. The van der Waals surface area contributed by atoms with Gasteiger partial charge in [-0.05, 0) is 65.2 Å². The maximum atomic E-state index is 14.1. The number of halogens is 3. The second kappa shape index (κ2) is 16.7. The van der Waals surface area contributed by atoms with Crippen LogP contribution in [0.3, 0.4) is 0 Å². The number of rotatable bonds is 8. The smallest absolute Gasteiger partial charge is 0.389 e. The Bertz CT molecular complexity index is 1070. The van der Waals surface area contributed by atoms with Gasteiger partial charge in [0, 0.05) is 50.8 Å². The minimum absolute atomic E-state index is 0.0442. The summed E-state index contributed by atoms with van der Waals surface area (Å²) in [5, 5.41) is 15.5. The molecule has 43 heavy (non-hydrogen) atoms. The molecule has 10 nitrogen and oxygen atoms in total. The number of fused-ring (bicyclic) bond motifs is 1. The number of carbonyl (C=O) groups excluding carboxylic acids is 3. The van der Waals surface area contributed by atoms with Crippen LogP contribution >= 0.6 is 0 Å². The van der Waals surface area contributed by atoms with Gasteiger partial charge in [0.15, 0.2) is 0 Å². The molecule has 4 amide bonds. The molecule has 0 radical (unpaired) electrons. The van der Waals surface area contributed by atoms with Crippen LogP contribution in [-0.4, -0.2) is 96.6 Å². The lowest BCUT2D eigenvalue weighted by Gasteiger charge is -2.36. The summed E-state index contributed by atoms with van der Waals surface area (Å²) in [6.45, 7) is 9.26. The third-order valence-electron chi connectivity index (χ3n) is 7.23. The summed E-state index contributed by atoms with van der Waals surface area (Å²) in [7, 11) is 1.44. The standard InChI is InChI=1S/C30H47F3N4O6/c1-19(2)34-29(41)35-23-10-11-25-24(15-23)28(40)37(21(4)18-38)16-20(3)26(42-14-8-7-9-22(5)43-25)17-36(6)27(39)12-13-30(31,32)33/h10-11,15,19-22,26,38H,7-9,12-14,16-18H2,1-6H3,(H2,34,35,41)/t20-,21+,22+,26-/m0/s1. The minimum Gasteiger partial charge on any atom is -0.490 e. The van der Waals surface area contributed by atoms with E-state index in [4.69, 9.17) is 9.47 Å². The van der Waals surface area contributed by atoms with Crippen molar-refractivity contribution in [2.75, 3.05) is 38.7 Å². The van der Waals surface area contributed by atoms with Crippen molar-refractivity contribution in [3.8, 4) is 5.75 Å². The average Bonchev–Trinajstić information content (AvgIpc) is 2.92. The maximum absolute atomic E-state index is 14.1. The minimum atomic E-state index is -4.43. The van der Waals surface area contributed by atoms with E-state index < -0.39 is 49.0 Å². The van der Waals surface area contributed by atoms with Crippen molar-refractivity contribution in [1.29, 1.82) is 0 Å². The Morgan fingerprint density at radius 1 is 1.19 bits per heavy atom. The van der Waals surface area contributed by atoms with E-state index in [-0.39, 0.29) is 43.3 Å². The number of ether oxygens (including phenoxy) is 2. The largest absolute Gasteiger partial charge is 0.490 e. The Morgan fingerprint density at radius 3 is 2.51 bits per heavy atom. The predicted molar refractivity (Wildman–Crippen MR) is 157 cm³/mol. The molecular formula is C30H47F3N4O6. The number of amides is 4. The van der Waals surface area contributed by atoms with E-state index >= 15 is 0 Å². The number of anilines is 1. The number of hydrogen-bond acceptors (Lipinski definition) is 6. The number of likely N-dealkylation sites (N-methyl/N-ethyl adjacent to an activating group) is 1. The number of benzene rings is 1. The number of alkyl halides is 3. The third kappa shape index (κ3) is 12.2. The van der Waals surface area contributed by atoms with Crippen LogP contribution in [0, 0.1) is 5.92 Å². The Morgan fingerprint density at radius 2 is 1.88 bits per heavy atom. The van der Waals surface area contributed by atoms with Crippen LogP contribution < -0.4 is 15.4 Å². The van der Waals surface area contributed by atoms with Crippen molar-refractivity contribution in [1.82, 2.24) is 15.1 Å². The van der Waals surface area contributed by atoms with Gasteiger partial charge in [-0.25, -0.2) is 4.79 Å². The molecule has 2 rings (SSSR count). The van der Waals surface area contributed by atoms with E-state index in [0.717, 1.165) is 6.42 Å². The van der Waals surface area contributed by atoms with Gasteiger partial charge in [0.1, 0.15) is 5.75 Å². The molecule has 244 valence electrons. The van der Waals surface area contributed by atoms with Crippen molar-refractivity contribution in [2.24, 2.45) is 5.92 Å². The maximum Gasteiger partial charge on any atom is 0.389 e. The van der Waals surface area contributed by atoms with E-state index in [1.54, 1.807) is 25.1 Å². The number of carbonyl (C=O) groups is 3. The van der Waals surface area contributed by atoms with Crippen molar-refractivity contribution in [2.45, 2.75) is 97.2 Å². The number of nitrogens with zero attached hydrogens (tertiary/aromatic N) is 2. The van der Waals surface area contributed by atoms with Crippen LogP contribution in [-0.2, 0) is 9.53 Å². The molecule has 0 saturated heterocycles. The zero-order valence-electron chi connectivity index (χ0n) is 26.0. The van der Waals surface area contributed by atoms with E-state index in [1.807, 2.05) is 27.7 Å². The monoisotopic (exact) mass is 616 g/mol.